The Hall–Kier alpha value is -3.54. The van der Waals surface area contributed by atoms with Crippen molar-refractivity contribution in [3.05, 3.63) is 66.0 Å². The number of methoxy groups -OCH3 is 2. The van der Waals surface area contributed by atoms with Gasteiger partial charge in [-0.1, -0.05) is 0 Å². The zero-order valence-corrected chi connectivity index (χ0v) is 17.0. The SMILES string of the molecule is COC(=O)c1ccc(OC)c(S(=O)(=O)Nc2cc(C(F)(F)F)ccc2-n2cccn2)c1. The lowest BCUT2D eigenvalue weighted by Crippen LogP contribution is -2.18. The van der Waals surface area contributed by atoms with Crippen LogP contribution in [0.15, 0.2) is 59.8 Å². The number of ether oxygens (including phenoxy) is 2. The maximum absolute atomic E-state index is 13.2. The molecule has 3 aromatic rings. The summed E-state index contributed by atoms with van der Waals surface area (Å²) in [6.45, 7) is 0. The Morgan fingerprint density at radius 2 is 1.87 bits per heavy atom. The Kier molecular flexibility index (Phi) is 5.93. The number of benzene rings is 2. The topological polar surface area (TPSA) is 99.5 Å². The second-order valence-corrected chi connectivity index (χ2v) is 7.79. The number of halogens is 3. The molecule has 0 fully saturated rings. The maximum Gasteiger partial charge on any atom is 0.416 e. The first-order valence-electron chi connectivity index (χ1n) is 8.57. The number of hydrogen-bond acceptors (Lipinski definition) is 6. The number of nitrogens with zero attached hydrogens (tertiary/aromatic N) is 2. The van der Waals surface area contributed by atoms with E-state index in [1.165, 1.54) is 42.4 Å². The van der Waals surface area contributed by atoms with E-state index in [1.54, 1.807) is 0 Å². The van der Waals surface area contributed by atoms with Crippen molar-refractivity contribution in [3.63, 3.8) is 0 Å². The molecule has 12 heteroatoms. The van der Waals surface area contributed by atoms with Gasteiger partial charge in [0.25, 0.3) is 10.0 Å². The van der Waals surface area contributed by atoms with E-state index in [1.807, 2.05) is 0 Å². The predicted molar refractivity (Wildman–Crippen MR) is 104 cm³/mol. The summed E-state index contributed by atoms with van der Waals surface area (Å²) in [5.41, 5.74) is -1.45. The summed E-state index contributed by atoms with van der Waals surface area (Å²) in [5.74, 6) is -0.914. The van der Waals surface area contributed by atoms with E-state index in [0.717, 1.165) is 25.3 Å². The molecule has 0 aliphatic rings. The number of rotatable bonds is 6. The Morgan fingerprint density at radius 1 is 1.13 bits per heavy atom. The molecule has 0 saturated carbocycles. The van der Waals surface area contributed by atoms with Crippen LogP contribution in [0.2, 0.25) is 0 Å². The van der Waals surface area contributed by atoms with Gasteiger partial charge in [0, 0.05) is 12.4 Å². The van der Waals surface area contributed by atoms with Gasteiger partial charge in [-0.3, -0.25) is 4.72 Å². The summed E-state index contributed by atoms with van der Waals surface area (Å²) < 4.78 is 78.8. The fraction of sp³-hybridized carbons (Fsp3) is 0.158. The lowest BCUT2D eigenvalue weighted by Gasteiger charge is -2.17. The minimum absolute atomic E-state index is 0.0599. The van der Waals surface area contributed by atoms with Crippen molar-refractivity contribution in [3.8, 4) is 11.4 Å². The van der Waals surface area contributed by atoms with Crippen molar-refractivity contribution in [2.75, 3.05) is 18.9 Å². The lowest BCUT2D eigenvalue weighted by atomic mass is 10.1. The first-order chi connectivity index (χ1) is 14.6. The molecule has 0 aliphatic heterocycles. The summed E-state index contributed by atoms with van der Waals surface area (Å²) in [7, 11) is -2.15. The van der Waals surface area contributed by atoms with Gasteiger partial charge < -0.3 is 9.47 Å². The van der Waals surface area contributed by atoms with E-state index in [-0.39, 0.29) is 22.7 Å². The number of sulfonamides is 1. The number of aromatic nitrogens is 2. The third-order valence-corrected chi connectivity index (χ3v) is 5.58. The Balaban J connectivity index is 2.14. The van der Waals surface area contributed by atoms with Crippen LogP contribution in [0.5, 0.6) is 5.75 Å². The van der Waals surface area contributed by atoms with Gasteiger partial charge in [0.05, 0.1) is 36.7 Å². The molecule has 1 heterocycles. The molecular weight excluding hydrogens is 439 g/mol. The largest absolute Gasteiger partial charge is 0.495 e. The van der Waals surface area contributed by atoms with Crippen molar-refractivity contribution in [2.24, 2.45) is 0 Å². The Morgan fingerprint density at radius 3 is 2.45 bits per heavy atom. The van der Waals surface area contributed by atoms with Crippen molar-refractivity contribution in [1.82, 2.24) is 9.78 Å². The number of esters is 1. The molecule has 0 unspecified atom stereocenters. The predicted octanol–water partition coefficient (Wildman–Crippen LogP) is 3.49. The van der Waals surface area contributed by atoms with E-state index >= 15 is 0 Å². The second kappa shape index (κ2) is 8.30. The first kappa shape index (κ1) is 22.2. The van der Waals surface area contributed by atoms with Gasteiger partial charge >= 0.3 is 12.1 Å². The van der Waals surface area contributed by atoms with Crippen molar-refractivity contribution >= 4 is 21.7 Å². The molecule has 0 saturated heterocycles. The van der Waals surface area contributed by atoms with E-state index in [9.17, 15) is 26.4 Å². The molecule has 1 aromatic heterocycles. The minimum atomic E-state index is -4.70. The van der Waals surface area contributed by atoms with Crippen LogP contribution < -0.4 is 9.46 Å². The molecule has 8 nitrogen and oxygen atoms in total. The normalized spacial score (nSPS) is 11.8. The van der Waals surface area contributed by atoms with Crippen LogP contribution in [-0.2, 0) is 20.9 Å². The van der Waals surface area contributed by atoms with Crippen LogP contribution in [0.25, 0.3) is 5.69 Å². The lowest BCUT2D eigenvalue weighted by molar-refractivity contribution is -0.137. The highest BCUT2D eigenvalue weighted by Crippen LogP contribution is 2.35. The van der Waals surface area contributed by atoms with Crippen LogP contribution in [0, 0.1) is 0 Å². The number of carbonyl (C=O) groups excluding carboxylic acids is 1. The molecule has 0 atom stereocenters. The van der Waals surface area contributed by atoms with Gasteiger partial charge in [-0.05, 0) is 42.5 Å². The van der Waals surface area contributed by atoms with Crippen molar-refractivity contribution in [1.29, 1.82) is 0 Å². The standard InChI is InChI=1S/C19H16F3N3O5S/c1-29-16-7-4-12(18(26)30-2)10-17(16)31(27,28)24-14-11-13(19(20,21)22)5-6-15(14)25-9-3-8-23-25/h3-11,24H,1-2H3. The maximum atomic E-state index is 13.2. The summed E-state index contributed by atoms with van der Waals surface area (Å²) in [6.07, 6.45) is -1.87. The van der Waals surface area contributed by atoms with Gasteiger partial charge in [0.2, 0.25) is 0 Å². The summed E-state index contributed by atoms with van der Waals surface area (Å²) in [4.78, 5) is 11.3. The fourth-order valence-corrected chi connectivity index (χ4v) is 4.00. The molecule has 164 valence electrons. The molecule has 0 radical (unpaired) electrons. The zero-order chi connectivity index (χ0) is 22.8. The number of carbonyl (C=O) groups is 1. The molecule has 0 aliphatic carbocycles. The molecule has 0 bridgehead atoms. The van der Waals surface area contributed by atoms with Crippen LogP contribution >= 0.6 is 0 Å². The molecule has 31 heavy (non-hydrogen) atoms. The number of nitrogens with one attached hydrogen (secondary N) is 1. The minimum Gasteiger partial charge on any atom is -0.495 e. The highest BCUT2D eigenvalue weighted by atomic mass is 32.2. The van der Waals surface area contributed by atoms with Crippen LogP contribution in [0.1, 0.15) is 15.9 Å². The molecule has 0 amide bonds. The molecule has 0 spiro atoms. The number of alkyl halides is 3. The van der Waals surface area contributed by atoms with Crippen LogP contribution in [-0.4, -0.2) is 38.4 Å². The van der Waals surface area contributed by atoms with E-state index in [4.69, 9.17) is 4.74 Å². The monoisotopic (exact) mass is 455 g/mol. The fourth-order valence-electron chi connectivity index (χ4n) is 2.74. The smallest absolute Gasteiger partial charge is 0.416 e. The summed E-state index contributed by atoms with van der Waals surface area (Å²) in [6, 6.07) is 7.63. The van der Waals surface area contributed by atoms with Gasteiger partial charge in [-0.15, -0.1) is 0 Å². The average Bonchev–Trinajstić information content (AvgIpc) is 3.26. The van der Waals surface area contributed by atoms with Gasteiger partial charge in [0.1, 0.15) is 10.6 Å². The van der Waals surface area contributed by atoms with Gasteiger partial charge in [0.15, 0.2) is 0 Å². The van der Waals surface area contributed by atoms with Crippen LogP contribution in [0.3, 0.4) is 0 Å². The Bertz CT molecular complexity index is 1210. The first-order valence-corrected chi connectivity index (χ1v) is 10.1. The second-order valence-electron chi connectivity index (χ2n) is 6.14. The summed E-state index contributed by atoms with van der Waals surface area (Å²) >= 11 is 0. The zero-order valence-electron chi connectivity index (χ0n) is 16.2. The molecule has 2 aromatic carbocycles. The van der Waals surface area contributed by atoms with Crippen molar-refractivity contribution in [2.45, 2.75) is 11.1 Å². The van der Waals surface area contributed by atoms with E-state index in [2.05, 4.69) is 14.6 Å². The van der Waals surface area contributed by atoms with Crippen molar-refractivity contribution < 1.29 is 35.9 Å². The molecule has 1 N–H and O–H groups in total. The van der Waals surface area contributed by atoms with Crippen LogP contribution in [0.4, 0.5) is 18.9 Å². The quantitative estimate of drug-likeness (QED) is 0.572. The highest BCUT2D eigenvalue weighted by Gasteiger charge is 2.32. The third-order valence-electron chi connectivity index (χ3n) is 4.19. The van der Waals surface area contributed by atoms with Gasteiger partial charge in [-0.2, -0.15) is 18.3 Å². The molecular formula is C19H16F3N3O5S. The Labute approximate surface area is 175 Å². The van der Waals surface area contributed by atoms with E-state index < -0.39 is 32.6 Å². The number of hydrogen-bond donors (Lipinski definition) is 1. The number of anilines is 1. The summed E-state index contributed by atoms with van der Waals surface area (Å²) in [5, 5.41) is 3.94. The van der Waals surface area contributed by atoms with Gasteiger partial charge in [-0.25, -0.2) is 17.9 Å². The average molecular weight is 455 g/mol. The van der Waals surface area contributed by atoms with E-state index in [0.29, 0.717) is 6.07 Å². The third kappa shape index (κ3) is 4.63. The molecule has 3 rings (SSSR count). The highest BCUT2D eigenvalue weighted by molar-refractivity contribution is 7.92.